The van der Waals surface area contributed by atoms with Crippen molar-refractivity contribution in [2.45, 2.75) is 34.2 Å². The molecular formula is C26H31N3O3. The third kappa shape index (κ3) is 4.70. The Bertz CT molecular complexity index is 1130. The molecule has 1 aromatic carbocycles. The summed E-state index contributed by atoms with van der Waals surface area (Å²) in [6.07, 6.45) is 5.43. The SMILES string of the molecule is CCOc1cc2oc(C)c(C)c2cc1/C(C)=C/C(=O)N1CCN(Cc2cccnc2)CC1. The number of ether oxygens (including phenoxy) is 1. The fourth-order valence-corrected chi connectivity index (χ4v) is 4.18. The largest absolute Gasteiger partial charge is 0.493 e. The van der Waals surface area contributed by atoms with Gasteiger partial charge in [-0.2, -0.15) is 0 Å². The topological polar surface area (TPSA) is 58.8 Å². The number of benzene rings is 1. The molecule has 0 saturated carbocycles. The van der Waals surface area contributed by atoms with Crippen molar-refractivity contribution in [2.24, 2.45) is 0 Å². The van der Waals surface area contributed by atoms with Gasteiger partial charge in [0.05, 0.1) is 6.61 Å². The van der Waals surface area contributed by atoms with Crippen molar-refractivity contribution in [1.82, 2.24) is 14.8 Å². The van der Waals surface area contributed by atoms with E-state index in [0.29, 0.717) is 6.61 Å². The molecule has 2 aromatic heterocycles. The highest BCUT2D eigenvalue weighted by atomic mass is 16.5. The first-order valence-electron chi connectivity index (χ1n) is 11.2. The van der Waals surface area contributed by atoms with Crippen LogP contribution in [-0.4, -0.2) is 53.5 Å². The number of hydrogen-bond acceptors (Lipinski definition) is 5. The van der Waals surface area contributed by atoms with Crippen LogP contribution in [0.4, 0.5) is 0 Å². The van der Waals surface area contributed by atoms with E-state index < -0.39 is 0 Å². The lowest BCUT2D eigenvalue weighted by Crippen LogP contribution is -2.47. The normalized spacial score (nSPS) is 15.4. The van der Waals surface area contributed by atoms with Gasteiger partial charge in [0.15, 0.2) is 0 Å². The Hall–Kier alpha value is -3.12. The fourth-order valence-electron chi connectivity index (χ4n) is 4.18. The van der Waals surface area contributed by atoms with Crippen LogP contribution in [-0.2, 0) is 11.3 Å². The summed E-state index contributed by atoms with van der Waals surface area (Å²) < 4.78 is 11.7. The number of nitrogens with zero attached hydrogens (tertiary/aromatic N) is 3. The van der Waals surface area contributed by atoms with Crippen molar-refractivity contribution < 1.29 is 13.9 Å². The average molecular weight is 434 g/mol. The molecule has 0 radical (unpaired) electrons. The maximum absolute atomic E-state index is 13.0. The minimum atomic E-state index is 0.0474. The Balaban J connectivity index is 1.48. The second kappa shape index (κ2) is 9.57. The van der Waals surface area contributed by atoms with Crippen molar-refractivity contribution >= 4 is 22.4 Å². The molecule has 0 bridgehead atoms. The van der Waals surface area contributed by atoms with Crippen LogP contribution in [0.1, 0.15) is 36.3 Å². The first-order chi connectivity index (χ1) is 15.5. The number of allylic oxidation sites excluding steroid dienone is 1. The Kier molecular flexibility index (Phi) is 6.61. The summed E-state index contributed by atoms with van der Waals surface area (Å²) >= 11 is 0. The number of carbonyl (C=O) groups excluding carboxylic acids is 1. The number of pyridine rings is 1. The highest BCUT2D eigenvalue weighted by molar-refractivity contribution is 5.97. The lowest BCUT2D eigenvalue weighted by molar-refractivity contribution is -0.127. The van der Waals surface area contributed by atoms with Gasteiger partial charge in [0, 0.05) is 68.2 Å². The summed E-state index contributed by atoms with van der Waals surface area (Å²) in [6, 6.07) is 8.07. The minimum absolute atomic E-state index is 0.0474. The van der Waals surface area contributed by atoms with E-state index in [0.717, 1.165) is 71.9 Å². The molecule has 3 aromatic rings. The fraction of sp³-hybridized carbons (Fsp3) is 0.385. The van der Waals surface area contributed by atoms with Gasteiger partial charge in [0.25, 0.3) is 0 Å². The van der Waals surface area contributed by atoms with Crippen molar-refractivity contribution in [2.75, 3.05) is 32.8 Å². The first-order valence-corrected chi connectivity index (χ1v) is 11.2. The number of aryl methyl sites for hydroxylation is 2. The van der Waals surface area contributed by atoms with Crippen molar-refractivity contribution in [3.8, 4) is 5.75 Å². The number of aromatic nitrogens is 1. The van der Waals surface area contributed by atoms with E-state index in [4.69, 9.17) is 9.15 Å². The molecule has 1 saturated heterocycles. The van der Waals surface area contributed by atoms with E-state index >= 15 is 0 Å². The highest BCUT2D eigenvalue weighted by Crippen LogP contribution is 2.35. The molecule has 3 heterocycles. The second-order valence-corrected chi connectivity index (χ2v) is 8.35. The Morgan fingerprint density at radius 1 is 1.22 bits per heavy atom. The van der Waals surface area contributed by atoms with Crippen LogP contribution in [0, 0.1) is 13.8 Å². The van der Waals surface area contributed by atoms with Gasteiger partial charge in [-0.25, -0.2) is 0 Å². The molecule has 32 heavy (non-hydrogen) atoms. The highest BCUT2D eigenvalue weighted by Gasteiger charge is 2.21. The van der Waals surface area contributed by atoms with Crippen LogP contribution in [0.15, 0.2) is 47.2 Å². The molecule has 0 atom stereocenters. The summed E-state index contributed by atoms with van der Waals surface area (Å²) in [5.41, 5.74) is 4.97. The third-order valence-corrected chi connectivity index (χ3v) is 6.15. The second-order valence-electron chi connectivity index (χ2n) is 8.35. The minimum Gasteiger partial charge on any atom is -0.493 e. The van der Waals surface area contributed by atoms with Crippen LogP contribution in [0.3, 0.4) is 0 Å². The molecule has 1 aliphatic heterocycles. The van der Waals surface area contributed by atoms with E-state index in [1.165, 1.54) is 5.56 Å². The number of hydrogen-bond donors (Lipinski definition) is 0. The summed E-state index contributed by atoms with van der Waals surface area (Å²) in [7, 11) is 0. The predicted molar refractivity (Wildman–Crippen MR) is 127 cm³/mol. The zero-order valence-corrected chi connectivity index (χ0v) is 19.4. The van der Waals surface area contributed by atoms with Gasteiger partial charge in [-0.15, -0.1) is 0 Å². The maximum Gasteiger partial charge on any atom is 0.246 e. The summed E-state index contributed by atoms with van der Waals surface area (Å²) in [5.74, 6) is 1.70. The van der Waals surface area contributed by atoms with Gasteiger partial charge in [0.1, 0.15) is 17.1 Å². The van der Waals surface area contributed by atoms with Gasteiger partial charge >= 0.3 is 0 Å². The third-order valence-electron chi connectivity index (χ3n) is 6.15. The number of piperazine rings is 1. The van der Waals surface area contributed by atoms with E-state index in [1.54, 1.807) is 12.3 Å². The van der Waals surface area contributed by atoms with Gasteiger partial charge in [-0.05, 0) is 56.5 Å². The van der Waals surface area contributed by atoms with Gasteiger partial charge in [0.2, 0.25) is 5.91 Å². The molecule has 6 heteroatoms. The van der Waals surface area contributed by atoms with Gasteiger partial charge < -0.3 is 14.1 Å². The number of carbonyl (C=O) groups is 1. The molecule has 0 unspecified atom stereocenters. The quantitative estimate of drug-likeness (QED) is 0.532. The van der Waals surface area contributed by atoms with E-state index in [9.17, 15) is 4.79 Å². The number of fused-ring (bicyclic) bond motifs is 1. The Labute approximate surface area is 189 Å². The molecule has 6 nitrogen and oxygen atoms in total. The molecule has 0 aliphatic carbocycles. The summed E-state index contributed by atoms with van der Waals surface area (Å²) in [4.78, 5) is 21.5. The molecule has 1 amide bonds. The van der Waals surface area contributed by atoms with Crippen LogP contribution in [0.25, 0.3) is 16.5 Å². The number of amides is 1. The van der Waals surface area contributed by atoms with E-state index in [-0.39, 0.29) is 5.91 Å². The standard InChI is InChI=1S/C26H31N3O3/c1-5-31-24-15-25-23(19(3)20(4)32-25)14-22(24)18(2)13-26(30)29-11-9-28(10-12-29)17-21-7-6-8-27-16-21/h6-8,13-16H,5,9-12,17H2,1-4H3/b18-13+. The smallest absolute Gasteiger partial charge is 0.246 e. The maximum atomic E-state index is 13.0. The molecule has 168 valence electrons. The first kappa shape index (κ1) is 22.1. The van der Waals surface area contributed by atoms with Crippen molar-refractivity contribution in [3.63, 3.8) is 0 Å². The van der Waals surface area contributed by atoms with Crippen LogP contribution < -0.4 is 4.74 Å². The monoisotopic (exact) mass is 433 g/mol. The van der Waals surface area contributed by atoms with Crippen LogP contribution >= 0.6 is 0 Å². The van der Waals surface area contributed by atoms with Gasteiger partial charge in [-0.3, -0.25) is 14.7 Å². The van der Waals surface area contributed by atoms with Crippen molar-refractivity contribution in [1.29, 1.82) is 0 Å². The van der Waals surface area contributed by atoms with Crippen LogP contribution in [0.2, 0.25) is 0 Å². The lowest BCUT2D eigenvalue weighted by Gasteiger charge is -2.34. The molecule has 1 fully saturated rings. The molecule has 4 rings (SSSR count). The van der Waals surface area contributed by atoms with E-state index in [2.05, 4.69) is 28.9 Å². The van der Waals surface area contributed by atoms with Crippen LogP contribution in [0.5, 0.6) is 5.75 Å². The predicted octanol–water partition coefficient (Wildman–Crippen LogP) is 4.59. The molecule has 1 aliphatic rings. The lowest BCUT2D eigenvalue weighted by atomic mass is 10.0. The van der Waals surface area contributed by atoms with Gasteiger partial charge in [-0.1, -0.05) is 6.07 Å². The van der Waals surface area contributed by atoms with Crippen molar-refractivity contribution in [3.05, 3.63) is 65.2 Å². The molecule has 0 spiro atoms. The summed E-state index contributed by atoms with van der Waals surface area (Å²) in [6.45, 7) is 12.5. The Morgan fingerprint density at radius 2 is 2.00 bits per heavy atom. The molecule has 0 N–H and O–H groups in total. The zero-order valence-electron chi connectivity index (χ0n) is 19.4. The number of rotatable bonds is 6. The van der Waals surface area contributed by atoms with E-state index in [1.807, 2.05) is 44.0 Å². The summed E-state index contributed by atoms with van der Waals surface area (Å²) in [5, 5.41) is 1.06. The molecular weight excluding hydrogens is 402 g/mol. The number of furan rings is 1. The Morgan fingerprint density at radius 3 is 2.69 bits per heavy atom. The average Bonchev–Trinajstić information content (AvgIpc) is 3.07. The zero-order chi connectivity index (χ0) is 22.7.